The molecule has 0 aliphatic carbocycles. The zero-order valence-electron chi connectivity index (χ0n) is 3.15. The van der Waals surface area contributed by atoms with Crippen molar-refractivity contribution in [2.75, 3.05) is 14.1 Å². The monoisotopic (exact) mass is 108 g/mol. The second kappa shape index (κ2) is 1.86. The summed E-state index contributed by atoms with van der Waals surface area (Å²) in [4.78, 5) is 0. The molecule has 0 bridgehead atoms. The van der Waals surface area contributed by atoms with Crippen molar-refractivity contribution < 1.29 is 18.5 Å². The number of nitrogens with zero attached hydrogens (tertiary/aromatic N) is 1. The molecule has 0 radical (unpaired) electrons. The number of rotatable bonds is 0. The molecule has 0 unspecified atom stereocenters. The van der Waals surface area contributed by atoms with Crippen LogP contribution in [0.2, 0.25) is 0 Å². The molecule has 0 atom stereocenters. The third-order valence-electron chi connectivity index (χ3n) is 0. The molecule has 0 aromatic heterocycles. The summed E-state index contributed by atoms with van der Waals surface area (Å²) in [5, 5.41) is 0. The van der Waals surface area contributed by atoms with Crippen LogP contribution in [0.1, 0.15) is 0 Å². The van der Waals surface area contributed by atoms with Crippen molar-refractivity contribution in [3.63, 3.8) is 0 Å². The van der Waals surface area contributed by atoms with Gasteiger partial charge in [0.1, 0.15) is 0 Å². The maximum absolute atomic E-state index is 2.12. The van der Waals surface area contributed by atoms with Crippen molar-refractivity contribution in [1.29, 1.82) is 0 Å². The molecule has 0 fully saturated rings. The van der Waals surface area contributed by atoms with E-state index in [-0.39, 0.29) is 0 Å². The van der Waals surface area contributed by atoms with Gasteiger partial charge in [-0.25, -0.2) is 0 Å². The zero-order valence-corrected chi connectivity index (χ0v) is 6.12. The van der Waals surface area contributed by atoms with Gasteiger partial charge in [0.2, 0.25) is 0 Å². The molecular weight excluding hydrogens is 103 g/mol. The molecule has 21 valence electrons. The molecule has 0 saturated heterocycles. The van der Waals surface area contributed by atoms with Crippen LogP contribution < -0.4 is 0 Å². The summed E-state index contributed by atoms with van der Waals surface area (Å²) in [5.41, 5.74) is 0. The van der Waals surface area contributed by atoms with Crippen LogP contribution in [0.3, 0.4) is 0 Å². The van der Waals surface area contributed by atoms with Crippen LogP contribution in [0.4, 0.5) is 0 Å². The Morgan fingerprint density at radius 3 is 1.50 bits per heavy atom. The third-order valence-corrected chi connectivity index (χ3v) is 0. The van der Waals surface area contributed by atoms with E-state index in [2.05, 4.69) is 17.7 Å². The molecule has 0 N–H and O–H groups in total. The number of hydrogen-bond donors (Lipinski definition) is 0. The van der Waals surface area contributed by atoms with Gasteiger partial charge in [0.05, 0.1) is 0 Å². The Hall–Kier alpha value is 0.583. The van der Waals surface area contributed by atoms with Crippen molar-refractivity contribution in [3.05, 3.63) is 0 Å². The van der Waals surface area contributed by atoms with Crippen LogP contribution in [0.5, 0.6) is 0 Å². The fraction of sp³-hybridized carbons (Fsp3) is 1.00. The van der Waals surface area contributed by atoms with Crippen LogP contribution in [-0.4, -0.2) is 17.7 Å². The Kier molecular flexibility index (Phi) is 2.13. The molecule has 4 heavy (non-hydrogen) atoms. The zero-order chi connectivity index (χ0) is 3.58. The van der Waals surface area contributed by atoms with Crippen molar-refractivity contribution in [1.82, 2.24) is 3.64 Å². The molecule has 2 heteroatoms. The molecule has 0 rings (SSSR count). The van der Waals surface area contributed by atoms with Gasteiger partial charge in [0.15, 0.2) is 0 Å². The molecule has 0 aliphatic heterocycles. The van der Waals surface area contributed by atoms with Crippen LogP contribution in [-0.2, 0) is 18.5 Å². The Morgan fingerprint density at radius 2 is 1.50 bits per heavy atom. The first-order valence-electron chi connectivity index (χ1n) is 1.21. The molecule has 0 amide bonds. The average Bonchev–Trinajstić information content (AvgIpc) is 0.811. The Morgan fingerprint density at radius 1 is 1.50 bits per heavy atom. The normalized spacial score (nSPS) is 9.25. The summed E-state index contributed by atoms with van der Waals surface area (Å²) in [7, 11) is 4.11. The molecule has 0 aromatic rings. The van der Waals surface area contributed by atoms with Crippen molar-refractivity contribution in [2.24, 2.45) is 0 Å². The minimum absolute atomic E-state index is 1.26. The maximum atomic E-state index is 2.12. The van der Waals surface area contributed by atoms with Crippen LogP contribution in [0, 0.1) is 0 Å². The quantitative estimate of drug-likeness (QED) is 0.396. The predicted molar refractivity (Wildman–Crippen MR) is 13.7 cm³/mol. The van der Waals surface area contributed by atoms with Gasteiger partial charge in [-0.15, -0.1) is 0 Å². The van der Waals surface area contributed by atoms with Crippen LogP contribution in [0.15, 0.2) is 0 Å². The van der Waals surface area contributed by atoms with E-state index in [1.165, 1.54) is 18.5 Å². The Balaban J connectivity index is 2.32. The molecule has 0 aromatic carbocycles. The van der Waals surface area contributed by atoms with E-state index < -0.39 is 0 Å². The topological polar surface area (TPSA) is 3.24 Å². The van der Waals surface area contributed by atoms with Gasteiger partial charge < -0.3 is 0 Å². The molecule has 1 nitrogen and oxygen atoms in total. The van der Waals surface area contributed by atoms with Crippen molar-refractivity contribution in [3.8, 4) is 0 Å². The Labute approximate surface area is 36.9 Å². The summed E-state index contributed by atoms with van der Waals surface area (Å²) in [6, 6.07) is 0. The van der Waals surface area contributed by atoms with Gasteiger partial charge in [-0.05, 0) is 0 Å². The van der Waals surface area contributed by atoms with E-state index in [4.69, 9.17) is 0 Å². The molecule has 0 heterocycles. The van der Waals surface area contributed by atoms with Gasteiger partial charge in [-0.3, -0.25) is 0 Å². The molecule has 0 aliphatic rings. The van der Waals surface area contributed by atoms with Gasteiger partial charge in [0.25, 0.3) is 0 Å². The van der Waals surface area contributed by atoms with E-state index in [1.54, 1.807) is 0 Å². The summed E-state index contributed by atoms with van der Waals surface area (Å²) in [6.07, 6.45) is 0. The fourth-order valence-electron chi connectivity index (χ4n) is 0. The van der Waals surface area contributed by atoms with Gasteiger partial charge in [-0.1, -0.05) is 0 Å². The van der Waals surface area contributed by atoms with E-state index in [1.807, 2.05) is 0 Å². The number of hydrogen-bond acceptors (Lipinski definition) is 1. The summed E-state index contributed by atoms with van der Waals surface area (Å²) in [5.74, 6) is 0. The van der Waals surface area contributed by atoms with E-state index >= 15 is 0 Å². The van der Waals surface area contributed by atoms with Crippen molar-refractivity contribution in [2.45, 2.75) is 0 Å². The summed E-state index contributed by atoms with van der Waals surface area (Å²) < 4.78 is 2.12. The van der Waals surface area contributed by atoms with Gasteiger partial charge >= 0.3 is 36.3 Å². The minimum atomic E-state index is 1.26. The Bertz CT molecular complexity index is 10.8. The predicted octanol–water partition coefficient (Wildman–Crippen LogP) is 0.00980. The summed E-state index contributed by atoms with van der Waals surface area (Å²) in [6.45, 7) is 0. The first-order valence-corrected chi connectivity index (χ1v) is 2.54. The van der Waals surface area contributed by atoms with E-state index in [0.717, 1.165) is 0 Å². The average molecular weight is 109 g/mol. The van der Waals surface area contributed by atoms with Crippen LogP contribution in [0.25, 0.3) is 0 Å². The molecular formula is C2H6NZn. The first-order chi connectivity index (χ1) is 1.73. The molecule has 0 saturated carbocycles. The van der Waals surface area contributed by atoms with Gasteiger partial charge in [0, 0.05) is 0 Å². The SMILES string of the molecule is C[N](C)[Zn]. The van der Waals surface area contributed by atoms with Gasteiger partial charge in [-0.2, -0.15) is 0 Å². The summed E-state index contributed by atoms with van der Waals surface area (Å²) >= 11 is 1.26. The molecule has 0 spiro atoms. The second-order valence-corrected chi connectivity index (χ2v) is 3.73. The van der Waals surface area contributed by atoms with E-state index in [9.17, 15) is 0 Å². The van der Waals surface area contributed by atoms with Crippen molar-refractivity contribution >= 4 is 0 Å². The van der Waals surface area contributed by atoms with Crippen LogP contribution >= 0.6 is 0 Å². The fourth-order valence-corrected chi connectivity index (χ4v) is 0. The van der Waals surface area contributed by atoms with E-state index in [0.29, 0.717) is 0 Å². The third kappa shape index (κ3) is 19.0. The first kappa shape index (κ1) is 4.58. The standard InChI is InChI=1S/C2H6N.Zn/c1-3-2;/h1-2H3;/q-1;+1. The second-order valence-electron chi connectivity index (χ2n) is 1.08.